The Bertz CT molecular complexity index is 561. The zero-order chi connectivity index (χ0) is 13.3. The van der Waals surface area contributed by atoms with Gasteiger partial charge in [0.25, 0.3) is 0 Å². The summed E-state index contributed by atoms with van der Waals surface area (Å²) in [6, 6.07) is 6.32. The van der Waals surface area contributed by atoms with Crippen molar-refractivity contribution in [3.8, 4) is 5.69 Å². The summed E-state index contributed by atoms with van der Waals surface area (Å²) < 4.78 is 38.6. The topological polar surface area (TPSA) is 17.8 Å². The van der Waals surface area contributed by atoms with E-state index in [0.717, 1.165) is 17.2 Å². The van der Waals surface area contributed by atoms with Crippen LogP contribution in [0.1, 0.15) is 16.8 Å². The maximum Gasteiger partial charge on any atom is 0.435 e. The van der Waals surface area contributed by atoms with Crippen molar-refractivity contribution in [1.29, 1.82) is 0 Å². The molecule has 0 spiro atoms. The van der Waals surface area contributed by atoms with Crippen LogP contribution < -0.4 is 0 Å². The van der Waals surface area contributed by atoms with Crippen LogP contribution in [0.4, 0.5) is 13.2 Å². The molecule has 2 nitrogen and oxygen atoms in total. The molecule has 96 valence electrons. The Morgan fingerprint density at radius 1 is 1.28 bits per heavy atom. The van der Waals surface area contributed by atoms with Gasteiger partial charge in [-0.15, -0.1) is 11.6 Å². The van der Waals surface area contributed by atoms with Crippen LogP contribution in [-0.4, -0.2) is 9.78 Å². The van der Waals surface area contributed by atoms with E-state index in [0.29, 0.717) is 11.6 Å². The average Bonchev–Trinajstić information content (AvgIpc) is 2.78. The molecule has 0 atom stereocenters. The van der Waals surface area contributed by atoms with E-state index in [1.165, 1.54) is 10.9 Å². The number of rotatable bonds is 2. The maximum atomic E-state index is 12.5. The summed E-state index contributed by atoms with van der Waals surface area (Å²) >= 11 is 5.71. The predicted octanol–water partition coefficient (Wildman–Crippen LogP) is 3.94. The summed E-state index contributed by atoms with van der Waals surface area (Å²) in [5.74, 6) is 0.306. The van der Waals surface area contributed by atoms with Crippen LogP contribution in [-0.2, 0) is 12.1 Å². The van der Waals surface area contributed by atoms with Crippen LogP contribution in [0, 0.1) is 6.92 Å². The predicted molar refractivity (Wildman–Crippen MR) is 62.9 cm³/mol. The molecule has 0 aliphatic carbocycles. The van der Waals surface area contributed by atoms with Crippen LogP contribution >= 0.6 is 11.6 Å². The Balaban J connectivity index is 2.45. The lowest BCUT2D eigenvalue weighted by atomic mass is 10.1. The lowest BCUT2D eigenvalue weighted by Crippen LogP contribution is -2.07. The third-order valence-corrected chi connectivity index (χ3v) is 2.86. The fourth-order valence-electron chi connectivity index (χ4n) is 1.59. The van der Waals surface area contributed by atoms with Crippen molar-refractivity contribution in [2.75, 3.05) is 0 Å². The van der Waals surface area contributed by atoms with Crippen LogP contribution in [0.3, 0.4) is 0 Å². The molecule has 1 aromatic carbocycles. The Morgan fingerprint density at radius 3 is 2.56 bits per heavy atom. The van der Waals surface area contributed by atoms with E-state index in [1.54, 1.807) is 6.07 Å². The van der Waals surface area contributed by atoms with E-state index >= 15 is 0 Å². The lowest BCUT2D eigenvalue weighted by Gasteiger charge is -2.08. The van der Waals surface area contributed by atoms with Gasteiger partial charge >= 0.3 is 6.18 Å². The van der Waals surface area contributed by atoms with E-state index in [2.05, 4.69) is 5.10 Å². The number of hydrogen-bond acceptors (Lipinski definition) is 1. The fraction of sp³-hybridized carbons (Fsp3) is 0.250. The summed E-state index contributed by atoms with van der Waals surface area (Å²) in [6.07, 6.45) is -3.13. The summed E-state index contributed by atoms with van der Waals surface area (Å²) in [4.78, 5) is 0. The van der Waals surface area contributed by atoms with Gasteiger partial charge in [0, 0.05) is 12.1 Å². The highest BCUT2D eigenvalue weighted by atomic mass is 35.5. The number of benzene rings is 1. The third-order valence-electron chi connectivity index (χ3n) is 2.55. The van der Waals surface area contributed by atoms with Crippen molar-refractivity contribution >= 4 is 11.6 Å². The highest BCUT2D eigenvalue weighted by molar-refractivity contribution is 6.17. The van der Waals surface area contributed by atoms with E-state index in [9.17, 15) is 13.2 Å². The van der Waals surface area contributed by atoms with Gasteiger partial charge in [0.15, 0.2) is 5.69 Å². The molecule has 0 bridgehead atoms. The van der Waals surface area contributed by atoms with Crippen LogP contribution in [0.25, 0.3) is 5.69 Å². The first-order valence-electron chi connectivity index (χ1n) is 5.20. The van der Waals surface area contributed by atoms with E-state index < -0.39 is 11.9 Å². The molecule has 0 saturated carbocycles. The van der Waals surface area contributed by atoms with Crippen molar-refractivity contribution in [2.24, 2.45) is 0 Å². The second-order valence-electron chi connectivity index (χ2n) is 3.90. The second-order valence-corrected chi connectivity index (χ2v) is 4.17. The molecule has 6 heteroatoms. The zero-order valence-electron chi connectivity index (χ0n) is 9.50. The smallest absolute Gasteiger partial charge is 0.240 e. The second kappa shape index (κ2) is 4.65. The third kappa shape index (κ3) is 2.51. The van der Waals surface area contributed by atoms with Crippen LogP contribution in [0.15, 0.2) is 30.5 Å². The lowest BCUT2D eigenvalue weighted by molar-refractivity contribution is -0.141. The van der Waals surface area contributed by atoms with Crippen molar-refractivity contribution in [1.82, 2.24) is 9.78 Å². The fourth-order valence-corrected chi connectivity index (χ4v) is 1.76. The average molecular weight is 275 g/mol. The first kappa shape index (κ1) is 13.0. The normalized spacial score (nSPS) is 11.8. The van der Waals surface area contributed by atoms with Gasteiger partial charge in [-0.25, -0.2) is 4.68 Å². The summed E-state index contributed by atoms with van der Waals surface area (Å²) in [5, 5.41) is 3.54. The molecule has 0 radical (unpaired) electrons. The number of aryl methyl sites for hydroxylation is 1. The highest BCUT2D eigenvalue weighted by Gasteiger charge is 2.33. The van der Waals surface area contributed by atoms with Gasteiger partial charge in [-0.1, -0.05) is 12.1 Å². The molecule has 1 heterocycles. The Morgan fingerprint density at radius 2 is 2.00 bits per heavy atom. The molecule has 0 aliphatic heterocycles. The SMILES string of the molecule is Cc1ccc(CCl)cc1-n1ccc(C(F)(F)F)n1. The number of halogens is 4. The molecule has 0 fully saturated rings. The zero-order valence-corrected chi connectivity index (χ0v) is 10.3. The maximum absolute atomic E-state index is 12.5. The van der Waals surface area contributed by atoms with E-state index in [4.69, 9.17) is 11.6 Å². The van der Waals surface area contributed by atoms with Gasteiger partial charge in [0.2, 0.25) is 0 Å². The van der Waals surface area contributed by atoms with Gasteiger partial charge in [-0.2, -0.15) is 18.3 Å². The van der Waals surface area contributed by atoms with E-state index in [-0.39, 0.29) is 0 Å². The first-order valence-corrected chi connectivity index (χ1v) is 5.74. The van der Waals surface area contributed by atoms with Crippen LogP contribution in [0.2, 0.25) is 0 Å². The molecule has 2 aromatic rings. The quantitative estimate of drug-likeness (QED) is 0.759. The molecule has 0 unspecified atom stereocenters. The molecular weight excluding hydrogens is 265 g/mol. The number of hydrogen-bond donors (Lipinski definition) is 0. The van der Waals surface area contributed by atoms with E-state index in [1.807, 2.05) is 19.1 Å². The Hall–Kier alpha value is -1.49. The number of nitrogens with zero attached hydrogens (tertiary/aromatic N) is 2. The molecule has 0 aliphatic rings. The molecule has 0 saturated heterocycles. The van der Waals surface area contributed by atoms with Gasteiger partial charge in [0.1, 0.15) is 0 Å². The summed E-state index contributed by atoms with van der Waals surface area (Å²) in [6.45, 7) is 1.81. The first-order chi connectivity index (χ1) is 8.41. The van der Waals surface area contributed by atoms with Gasteiger partial charge in [0.05, 0.1) is 5.69 Å². The molecule has 0 N–H and O–H groups in total. The van der Waals surface area contributed by atoms with Crippen molar-refractivity contribution < 1.29 is 13.2 Å². The van der Waals surface area contributed by atoms with Gasteiger partial charge < -0.3 is 0 Å². The van der Waals surface area contributed by atoms with Crippen LogP contribution in [0.5, 0.6) is 0 Å². The molecule has 18 heavy (non-hydrogen) atoms. The molecule has 0 amide bonds. The Labute approximate surface area is 107 Å². The largest absolute Gasteiger partial charge is 0.435 e. The number of alkyl halides is 4. The summed E-state index contributed by atoms with van der Waals surface area (Å²) in [7, 11) is 0. The van der Waals surface area contributed by atoms with Crippen molar-refractivity contribution in [2.45, 2.75) is 19.0 Å². The molecular formula is C12H10ClF3N2. The van der Waals surface area contributed by atoms with Crippen molar-refractivity contribution in [3.63, 3.8) is 0 Å². The van der Waals surface area contributed by atoms with Gasteiger partial charge in [-0.05, 0) is 30.2 Å². The van der Waals surface area contributed by atoms with Gasteiger partial charge in [-0.3, -0.25) is 0 Å². The highest BCUT2D eigenvalue weighted by Crippen LogP contribution is 2.28. The monoisotopic (exact) mass is 274 g/mol. The summed E-state index contributed by atoms with van der Waals surface area (Å²) in [5.41, 5.74) is 1.36. The minimum Gasteiger partial charge on any atom is -0.240 e. The molecule has 1 aromatic heterocycles. The molecule has 2 rings (SSSR count). The minimum atomic E-state index is -4.43. The Kier molecular flexibility index (Phi) is 3.34. The minimum absolute atomic E-state index is 0.306. The number of aromatic nitrogens is 2. The standard InChI is InChI=1S/C12H10ClF3N2/c1-8-2-3-9(7-13)6-10(8)18-5-4-11(17-18)12(14,15)16/h2-6H,7H2,1H3. The van der Waals surface area contributed by atoms with Crippen molar-refractivity contribution in [3.05, 3.63) is 47.3 Å².